The van der Waals surface area contributed by atoms with Gasteiger partial charge in [0.15, 0.2) is 0 Å². The average Bonchev–Trinajstić information content (AvgIpc) is 2.25. The Morgan fingerprint density at radius 1 is 1.36 bits per heavy atom. The molecule has 0 spiro atoms. The van der Waals surface area contributed by atoms with E-state index in [1.165, 1.54) is 25.0 Å². The normalized spacial score (nSPS) is 12.7. The molecule has 1 heteroatoms. The predicted octanol–water partition coefficient (Wildman–Crippen LogP) is 3.97. The molecule has 1 nitrogen and oxygen atoms in total. The van der Waals surface area contributed by atoms with Crippen LogP contribution in [0.5, 0.6) is 0 Å². The van der Waals surface area contributed by atoms with Gasteiger partial charge in [0.2, 0.25) is 0 Å². The van der Waals surface area contributed by atoms with E-state index in [9.17, 15) is 0 Å². The minimum Gasteiger partial charge on any atom is -0.261 e. The molecule has 1 aromatic heterocycles. The third-order valence-electron chi connectivity index (χ3n) is 2.56. The zero-order valence-electron chi connectivity index (χ0n) is 9.08. The summed E-state index contributed by atoms with van der Waals surface area (Å²) >= 11 is 0. The molecule has 0 amide bonds. The van der Waals surface area contributed by atoms with Crippen molar-refractivity contribution < 1.29 is 0 Å². The third kappa shape index (κ3) is 3.49. The number of aromatic nitrogens is 1. The predicted molar refractivity (Wildman–Crippen MR) is 61.1 cm³/mol. The van der Waals surface area contributed by atoms with Crippen LogP contribution in [-0.2, 0) is 0 Å². The molecular formula is C13H20N. The van der Waals surface area contributed by atoms with E-state index in [1.807, 2.05) is 12.3 Å². The lowest BCUT2D eigenvalue weighted by molar-refractivity contribution is 0.540. The highest BCUT2D eigenvalue weighted by molar-refractivity contribution is 5.09. The van der Waals surface area contributed by atoms with Gasteiger partial charge in [-0.15, -0.1) is 0 Å². The first-order valence-electron chi connectivity index (χ1n) is 5.58. The van der Waals surface area contributed by atoms with Gasteiger partial charge in [-0.05, 0) is 25.0 Å². The fourth-order valence-electron chi connectivity index (χ4n) is 1.75. The Hall–Kier alpha value is -0.850. The summed E-state index contributed by atoms with van der Waals surface area (Å²) in [5, 5.41) is 0. The van der Waals surface area contributed by atoms with Crippen LogP contribution in [0.1, 0.15) is 50.6 Å². The SMILES string of the molecule is [CH2]CCC(CCCC)c1ccccn1. The molecule has 0 N–H and O–H groups in total. The number of hydrogen-bond acceptors (Lipinski definition) is 1. The topological polar surface area (TPSA) is 12.9 Å². The first-order valence-corrected chi connectivity index (χ1v) is 5.58. The molecule has 0 bridgehead atoms. The van der Waals surface area contributed by atoms with E-state index in [0.29, 0.717) is 5.92 Å². The number of pyridine rings is 1. The van der Waals surface area contributed by atoms with Crippen molar-refractivity contribution in [3.05, 3.63) is 37.0 Å². The summed E-state index contributed by atoms with van der Waals surface area (Å²) in [4.78, 5) is 4.42. The van der Waals surface area contributed by atoms with Crippen molar-refractivity contribution in [2.24, 2.45) is 0 Å². The van der Waals surface area contributed by atoms with E-state index in [4.69, 9.17) is 0 Å². The van der Waals surface area contributed by atoms with Crippen molar-refractivity contribution in [2.75, 3.05) is 0 Å². The van der Waals surface area contributed by atoms with Crippen LogP contribution >= 0.6 is 0 Å². The van der Waals surface area contributed by atoms with E-state index >= 15 is 0 Å². The molecule has 1 atom stereocenters. The van der Waals surface area contributed by atoms with Gasteiger partial charge in [-0.25, -0.2) is 0 Å². The number of unbranched alkanes of at least 4 members (excludes halogenated alkanes) is 1. The van der Waals surface area contributed by atoms with Crippen molar-refractivity contribution in [3.63, 3.8) is 0 Å². The van der Waals surface area contributed by atoms with Gasteiger partial charge in [-0.1, -0.05) is 39.2 Å². The highest BCUT2D eigenvalue weighted by atomic mass is 14.7. The maximum atomic E-state index is 4.42. The molecule has 0 aliphatic heterocycles. The van der Waals surface area contributed by atoms with E-state index in [2.05, 4.69) is 31.0 Å². The Kier molecular flexibility index (Phi) is 5.28. The van der Waals surface area contributed by atoms with E-state index in [-0.39, 0.29) is 0 Å². The fraction of sp³-hybridized carbons (Fsp3) is 0.538. The smallest absolute Gasteiger partial charge is 0.0434 e. The summed E-state index contributed by atoms with van der Waals surface area (Å²) in [6.07, 6.45) is 7.87. The molecule has 1 unspecified atom stereocenters. The van der Waals surface area contributed by atoms with Crippen molar-refractivity contribution in [2.45, 2.75) is 44.9 Å². The van der Waals surface area contributed by atoms with Crippen molar-refractivity contribution in [1.82, 2.24) is 4.98 Å². The summed E-state index contributed by atoms with van der Waals surface area (Å²) in [5.74, 6) is 0.619. The summed E-state index contributed by atoms with van der Waals surface area (Å²) in [5.41, 5.74) is 1.24. The highest BCUT2D eigenvalue weighted by Gasteiger charge is 2.10. The standard InChI is InChI=1S/C13H20N/c1-3-5-9-12(8-4-2)13-10-6-7-11-14-13/h6-7,10-12H,2-5,8-9H2,1H3. The highest BCUT2D eigenvalue weighted by Crippen LogP contribution is 2.24. The lowest BCUT2D eigenvalue weighted by atomic mass is 9.93. The van der Waals surface area contributed by atoms with Gasteiger partial charge in [-0.2, -0.15) is 0 Å². The maximum absolute atomic E-state index is 4.42. The van der Waals surface area contributed by atoms with E-state index < -0.39 is 0 Å². The maximum Gasteiger partial charge on any atom is 0.0434 e. The molecule has 0 aliphatic carbocycles. The first-order chi connectivity index (χ1) is 6.88. The summed E-state index contributed by atoms with van der Waals surface area (Å²) in [6.45, 7) is 6.17. The largest absolute Gasteiger partial charge is 0.261 e. The Balaban J connectivity index is 2.58. The molecule has 77 valence electrons. The zero-order valence-corrected chi connectivity index (χ0v) is 9.08. The molecule has 0 saturated heterocycles. The molecule has 1 radical (unpaired) electrons. The van der Waals surface area contributed by atoms with Crippen molar-refractivity contribution in [1.29, 1.82) is 0 Å². The Morgan fingerprint density at radius 3 is 2.79 bits per heavy atom. The monoisotopic (exact) mass is 190 g/mol. The molecule has 1 aromatic rings. The average molecular weight is 190 g/mol. The van der Waals surface area contributed by atoms with Gasteiger partial charge < -0.3 is 0 Å². The number of hydrogen-bond donors (Lipinski definition) is 0. The van der Waals surface area contributed by atoms with Gasteiger partial charge in [0.25, 0.3) is 0 Å². The number of nitrogens with zero attached hydrogens (tertiary/aromatic N) is 1. The minimum absolute atomic E-state index is 0.619. The van der Waals surface area contributed by atoms with Crippen LogP contribution < -0.4 is 0 Å². The minimum atomic E-state index is 0.619. The van der Waals surface area contributed by atoms with E-state index in [0.717, 1.165) is 12.8 Å². The van der Waals surface area contributed by atoms with Crippen LogP contribution in [0.3, 0.4) is 0 Å². The van der Waals surface area contributed by atoms with Crippen LogP contribution in [-0.4, -0.2) is 4.98 Å². The third-order valence-corrected chi connectivity index (χ3v) is 2.56. The summed E-state index contributed by atoms with van der Waals surface area (Å²) < 4.78 is 0. The molecular weight excluding hydrogens is 170 g/mol. The Morgan fingerprint density at radius 2 is 2.21 bits per heavy atom. The molecule has 0 aliphatic rings. The summed E-state index contributed by atoms with van der Waals surface area (Å²) in [6, 6.07) is 6.19. The van der Waals surface area contributed by atoms with Crippen molar-refractivity contribution >= 4 is 0 Å². The number of rotatable bonds is 6. The molecule has 1 rings (SSSR count). The molecule has 14 heavy (non-hydrogen) atoms. The Labute approximate surface area is 87.6 Å². The first kappa shape index (κ1) is 11.2. The lowest BCUT2D eigenvalue weighted by Crippen LogP contribution is -2.00. The zero-order chi connectivity index (χ0) is 10.2. The van der Waals surface area contributed by atoms with Crippen LogP contribution in [0.4, 0.5) is 0 Å². The van der Waals surface area contributed by atoms with Gasteiger partial charge in [0.1, 0.15) is 0 Å². The van der Waals surface area contributed by atoms with Crippen LogP contribution in [0.15, 0.2) is 24.4 Å². The van der Waals surface area contributed by atoms with E-state index in [1.54, 1.807) is 0 Å². The van der Waals surface area contributed by atoms with Gasteiger partial charge in [-0.3, -0.25) is 4.98 Å². The van der Waals surface area contributed by atoms with Crippen LogP contribution in [0.25, 0.3) is 0 Å². The van der Waals surface area contributed by atoms with Gasteiger partial charge >= 0.3 is 0 Å². The molecule has 0 aromatic carbocycles. The van der Waals surface area contributed by atoms with Gasteiger partial charge in [0, 0.05) is 17.8 Å². The van der Waals surface area contributed by atoms with Crippen molar-refractivity contribution in [3.8, 4) is 0 Å². The molecule has 0 saturated carbocycles. The van der Waals surface area contributed by atoms with Gasteiger partial charge in [0.05, 0.1) is 0 Å². The van der Waals surface area contributed by atoms with Crippen LogP contribution in [0, 0.1) is 6.92 Å². The second kappa shape index (κ2) is 6.58. The molecule has 1 heterocycles. The Bertz CT molecular complexity index is 230. The molecule has 0 fully saturated rings. The second-order valence-corrected chi connectivity index (χ2v) is 3.74. The quantitative estimate of drug-likeness (QED) is 0.661. The fourth-order valence-corrected chi connectivity index (χ4v) is 1.75. The lowest BCUT2D eigenvalue weighted by Gasteiger charge is -2.14. The second-order valence-electron chi connectivity index (χ2n) is 3.74. The summed E-state index contributed by atoms with van der Waals surface area (Å²) in [7, 11) is 0. The van der Waals surface area contributed by atoms with Crippen LogP contribution in [0.2, 0.25) is 0 Å².